The average molecular weight is 252 g/mol. The summed E-state index contributed by atoms with van der Waals surface area (Å²) in [6.45, 7) is 3.80. The zero-order chi connectivity index (χ0) is 13.3. The molecule has 2 rings (SSSR count). The Morgan fingerprint density at radius 3 is 2.67 bits per heavy atom. The van der Waals surface area contributed by atoms with Crippen LogP contribution in [0.5, 0.6) is 0 Å². The quantitative estimate of drug-likeness (QED) is 0.602. The molecular weight excluding hydrogens is 232 g/mol. The van der Waals surface area contributed by atoms with Crippen molar-refractivity contribution in [3.8, 4) is 0 Å². The summed E-state index contributed by atoms with van der Waals surface area (Å²) in [6, 6.07) is 0. The standard InChI is InChI=1S/C14H20O4/c1-3-18-13(17)14(7-9(2)12(15)16)8-10-4-5-11(14)6-10/h4-5,9-11H,3,6-8H2,1-2H3,(H,15,16). The number of hydrogen-bond acceptors (Lipinski definition) is 3. The summed E-state index contributed by atoms with van der Waals surface area (Å²) in [5, 5.41) is 9.07. The van der Waals surface area contributed by atoms with Crippen molar-refractivity contribution in [1.29, 1.82) is 0 Å². The monoisotopic (exact) mass is 252 g/mol. The zero-order valence-electron chi connectivity index (χ0n) is 10.9. The molecule has 18 heavy (non-hydrogen) atoms. The molecule has 4 atom stereocenters. The topological polar surface area (TPSA) is 63.6 Å². The molecule has 0 spiro atoms. The second-order valence-corrected chi connectivity index (χ2v) is 5.51. The highest BCUT2D eigenvalue weighted by atomic mass is 16.5. The van der Waals surface area contributed by atoms with Crippen LogP contribution < -0.4 is 0 Å². The van der Waals surface area contributed by atoms with Crippen LogP contribution in [0, 0.1) is 23.2 Å². The fourth-order valence-electron chi connectivity index (χ4n) is 3.42. The number of rotatable bonds is 5. The number of aliphatic carboxylic acids is 1. The third-order valence-corrected chi connectivity index (χ3v) is 4.28. The van der Waals surface area contributed by atoms with Crippen LogP contribution in [-0.4, -0.2) is 23.7 Å². The van der Waals surface area contributed by atoms with Crippen LogP contribution in [0.15, 0.2) is 12.2 Å². The molecule has 2 aliphatic rings. The SMILES string of the molecule is CCOC(=O)C1(CC(C)C(=O)O)CC2C=CC1C2. The predicted octanol–water partition coefficient (Wildman–Crippen LogP) is 2.24. The summed E-state index contributed by atoms with van der Waals surface area (Å²) in [5.74, 6) is -0.994. The van der Waals surface area contributed by atoms with E-state index in [-0.39, 0.29) is 11.9 Å². The first-order valence-electron chi connectivity index (χ1n) is 6.58. The summed E-state index contributed by atoms with van der Waals surface area (Å²) in [7, 11) is 0. The van der Waals surface area contributed by atoms with Gasteiger partial charge in [-0.1, -0.05) is 19.1 Å². The van der Waals surface area contributed by atoms with Crippen LogP contribution in [0.3, 0.4) is 0 Å². The number of allylic oxidation sites excluding steroid dienone is 2. The molecule has 0 radical (unpaired) electrons. The summed E-state index contributed by atoms with van der Waals surface area (Å²) < 4.78 is 5.20. The summed E-state index contributed by atoms with van der Waals surface area (Å²) in [4.78, 5) is 23.3. The van der Waals surface area contributed by atoms with Crippen LogP contribution in [0.1, 0.15) is 33.1 Å². The number of esters is 1. The van der Waals surface area contributed by atoms with E-state index >= 15 is 0 Å². The largest absolute Gasteiger partial charge is 0.481 e. The Morgan fingerprint density at radius 2 is 2.22 bits per heavy atom. The van der Waals surface area contributed by atoms with E-state index in [0.717, 1.165) is 12.8 Å². The lowest BCUT2D eigenvalue weighted by atomic mass is 9.70. The lowest BCUT2D eigenvalue weighted by Crippen LogP contribution is -2.39. The number of fused-ring (bicyclic) bond motifs is 2. The maximum atomic E-state index is 12.3. The van der Waals surface area contributed by atoms with Gasteiger partial charge in [0.15, 0.2) is 0 Å². The lowest BCUT2D eigenvalue weighted by Gasteiger charge is -2.34. The molecule has 0 saturated heterocycles. The van der Waals surface area contributed by atoms with E-state index in [2.05, 4.69) is 12.2 Å². The van der Waals surface area contributed by atoms with Crippen LogP contribution in [0.4, 0.5) is 0 Å². The number of ether oxygens (including phenoxy) is 1. The Labute approximate surface area is 107 Å². The third kappa shape index (κ3) is 2.04. The molecule has 0 aromatic rings. The molecule has 1 N–H and O–H groups in total. The van der Waals surface area contributed by atoms with Crippen molar-refractivity contribution in [2.24, 2.45) is 23.2 Å². The predicted molar refractivity (Wildman–Crippen MR) is 65.8 cm³/mol. The Kier molecular flexibility index (Phi) is 3.46. The van der Waals surface area contributed by atoms with Crippen molar-refractivity contribution in [2.75, 3.05) is 6.61 Å². The second-order valence-electron chi connectivity index (χ2n) is 5.51. The van der Waals surface area contributed by atoms with Crippen LogP contribution in [0.25, 0.3) is 0 Å². The molecule has 2 bridgehead atoms. The van der Waals surface area contributed by atoms with E-state index in [1.807, 2.05) is 0 Å². The molecule has 0 amide bonds. The smallest absolute Gasteiger partial charge is 0.312 e. The van der Waals surface area contributed by atoms with Gasteiger partial charge < -0.3 is 9.84 Å². The molecule has 0 aliphatic heterocycles. The minimum Gasteiger partial charge on any atom is -0.481 e. The zero-order valence-corrected chi connectivity index (χ0v) is 10.9. The van der Waals surface area contributed by atoms with Gasteiger partial charge in [-0.25, -0.2) is 0 Å². The third-order valence-electron chi connectivity index (χ3n) is 4.28. The van der Waals surface area contributed by atoms with Gasteiger partial charge in [-0.3, -0.25) is 9.59 Å². The fraction of sp³-hybridized carbons (Fsp3) is 0.714. The first-order chi connectivity index (χ1) is 8.49. The van der Waals surface area contributed by atoms with Gasteiger partial charge in [-0.15, -0.1) is 0 Å². The lowest BCUT2D eigenvalue weighted by molar-refractivity contribution is -0.160. The van der Waals surface area contributed by atoms with Crippen LogP contribution >= 0.6 is 0 Å². The van der Waals surface area contributed by atoms with E-state index in [1.165, 1.54) is 0 Å². The Hall–Kier alpha value is -1.32. The number of carboxylic acids is 1. The molecule has 100 valence electrons. The van der Waals surface area contributed by atoms with E-state index in [0.29, 0.717) is 18.9 Å². The molecule has 2 aliphatic carbocycles. The second kappa shape index (κ2) is 4.75. The average Bonchev–Trinajstić information content (AvgIpc) is 2.89. The van der Waals surface area contributed by atoms with Crippen molar-refractivity contribution < 1.29 is 19.4 Å². The Morgan fingerprint density at radius 1 is 1.50 bits per heavy atom. The van der Waals surface area contributed by atoms with Gasteiger partial charge in [-0.05, 0) is 38.0 Å². The minimum absolute atomic E-state index is 0.156. The van der Waals surface area contributed by atoms with Gasteiger partial charge in [0, 0.05) is 0 Å². The maximum Gasteiger partial charge on any atom is 0.312 e. The molecule has 1 saturated carbocycles. The van der Waals surface area contributed by atoms with E-state index in [4.69, 9.17) is 9.84 Å². The highest BCUT2D eigenvalue weighted by molar-refractivity contribution is 5.80. The first kappa shape index (κ1) is 13.1. The van der Waals surface area contributed by atoms with Crippen LogP contribution in [-0.2, 0) is 14.3 Å². The minimum atomic E-state index is -0.842. The Bertz CT molecular complexity index is 387. The van der Waals surface area contributed by atoms with Gasteiger partial charge in [0.1, 0.15) is 0 Å². The van der Waals surface area contributed by atoms with E-state index in [1.54, 1.807) is 13.8 Å². The van der Waals surface area contributed by atoms with E-state index < -0.39 is 17.3 Å². The molecule has 0 aromatic carbocycles. The van der Waals surface area contributed by atoms with Crippen molar-refractivity contribution in [2.45, 2.75) is 33.1 Å². The number of hydrogen-bond donors (Lipinski definition) is 1. The summed E-state index contributed by atoms with van der Waals surface area (Å²) in [5.41, 5.74) is -0.604. The van der Waals surface area contributed by atoms with Gasteiger partial charge in [0.05, 0.1) is 17.9 Å². The number of carbonyl (C=O) groups is 2. The molecule has 0 heterocycles. The maximum absolute atomic E-state index is 12.3. The normalized spacial score (nSPS) is 34.6. The molecule has 1 fully saturated rings. The van der Waals surface area contributed by atoms with Crippen molar-refractivity contribution in [3.63, 3.8) is 0 Å². The van der Waals surface area contributed by atoms with Gasteiger partial charge in [0.25, 0.3) is 0 Å². The first-order valence-corrected chi connectivity index (χ1v) is 6.58. The van der Waals surface area contributed by atoms with Crippen molar-refractivity contribution >= 4 is 11.9 Å². The molecule has 4 unspecified atom stereocenters. The van der Waals surface area contributed by atoms with Crippen molar-refractivity contribution in [3.05, 3.63) is 12.2 Å². The van der Waals surface area contributed by atoms with Crippen LogP contribution in [0.2, 0.25) is 0 Å². The molecule has 0 aromatic heterocycles. The highest BCUT2D eigenvalue weighted by Gasteiger charge is 2.55. The van der Waals surface area contributed by atoms with Gasteiger partial charge >= 0.3 is 11.9 Å². The van der Waals surface area contributed by atoms with E-state index in [9.17, 15) is 9.59 Å². The summed E-state index contributed by atoms with van der Waals surface area (Å²) in [6.07, 6.45) is 6.30. The highest BCUT2D eigenvalue weighted by Crippen LogP contribution is 2.55. The number of carbonyl (C=O) groups excluding carboxylic acids is 1. The number of carboxylic acid groups (broad SMARTS) is 1. The molecule has 4 heteroatoms. The van der Waals surface area contributed by atoms with Gasteiger partial charge in [-0.2, -0.15) is 0 Å². The van der Waals surface area contributed by atoms with Gasteiger partial charge in [0.2, 0.25) is 0 Å². The molecule has 4 nitrogen and oxygen atoms in total. The Balaban J connectivity index is 2.21. The van der Waals surface area contributed by atoms with Crippen molar-refractivity contribution in [1.82, 2.24) is 0 Å². The molecular formula is C14H20O4. The summed E-state index contributed by atoms with van der Waals surface area (Å²) >= 11 is 0. The fourth-order valence-corrected chi connectivity index (χ4v) is 3.42.